The predicted octanol–water partition coefficient (Wildman–Crippen LogP) is 3.96. The van der Waals surface area contributed by atoms with Crippen LogP contribution in [0.3, 0.4) is 0 Å². The number of rotatable bonds is 9. The molecule has 0 bridgehead atoms. The van der Waals surface area contributed by atoms with E-state index in [-0.39, 0.29) is 0 Å². The quantitative estimate of drug-likeness (QED) is 0.213. The third-order valence-corrected chi connectivity index (χ3v) is 7.53. The second-order valence-corrected chi connectivity index (χ2v) is 11.3. The van der Waals surface area contributed by atoms with Gasteiger partial charge in [0.15, 0.2) is 5.84 Å². The second-order valence-electron chi connectivity index (χ2n) is 11.3. The number of nitrogens with zero attached hydrogens (tertiary/aromatic N) is 6. The van der Waals surface area contributed by atoms with Crippen molar-refractivity contribution in [2.45, 2.75) is 46.3 Å². The number of allylic oxidation sites excluding steroid dienone is 6. The van der Waals surface area contributed by atoms with Crippen LogP contribution >= 0.6 is 0 Å². The summed E-state index contributed by atoms with van der Waals surface area (Å²) in [6, 6.07) is 0.305. The topological polar surface area (TPSA) is 102 Å². The minimum Gasteiger partial charge on any atom is -0.501 e. The molecule has 0 aromatic carbocycles. The van der Waals surface area contributed by atoms with Gasteiger partial charge in [-0.2, -0.15) is 0 Å². The maximum atomic E-state index is 5.02. The third kappa shape index (κ3) is 10.1. The Balaban J connectivity index is 0.000000236. The first-order valence-electron chi connectivity index (χ1n) is 15.0. The summed E-state index contributed by atoms with van der Waals surface area (Å²) in [5.41, 5.74) is 9.31. The molecule has 0 spiro atoms. The summed E-state index contributed by atoms with van der Waals surface area (Å²) in [7, 11) is 5.54. The first-order chi connectivity index (χ1) is 20.7. The number of ether oxygens (including phenoxy) is 1. The number of fused-ring (bicyclic) bond motifs is 1. The Morgan fingerprint density at radius 1 is 1.23 bits per heavy atom. The van der Waals surface area contributed by atoms with E-state index in [9.17, 15) is 0 Å². The summed E-state index contributed by atoms with van der Waals surface area (Å²) in [6.07, 6.45) is 17.0. The highest BCUT2D eigenvalue weighted by molar-refractivity contribution is 6.08. The van der Waals surface area contributed by atoms with Crippen LogP contribution in [0.25, 0.3) is 0 Å². The van der Waals surface area contributed by atoms with Crippen molar-refractivity contribution in [1.29, 1.82) is 0 Å². The van der Waals surface area contributed by atoms with Crippen LogP contribution in [0.5, 0.6) is 0 Å². The van der Waals surface area contributed by atoms with Gasteiger partial charge in [0.25, 0.3) is 0 Å². The van der Waals surface area contributed by atoms with Crippen LogP contribution < -0.4 is 16.1 Å². The Kier molecular flexibility index (Phi) is 13.0. The molecule has 2 saturated heterocycles. The molecule has 5 rings (SSSR count). The summed E-state index contributed by atoms with van der Waals surface area (Å²) in [4.78, 5) is 17.7. The molecule has 43 heavy (non-hydrogen) atoms. The number of hydrazine groups is 1. The molecule has 2 atom stereocenters. The number of aliphatic imine (C=N–C) groups is 3. The molecule has 0 aromatic rings. The lowest BCUT2D eigenvalue weighted by Crippen LogP contribution is -2.52. The lowest BCUT2D eigenvalue weighted by atomic mass is 9.88. The van der Waals surface area contributed by atoms with Crippen molar-refractivity contribution in [2.24, 2.45) is 20.9 Å². The average molecular weight is 590 g/mol. The summed E-state index contributed by atoms with van der Waals surface area (Å²) in [5.74, 6) is 2.22. The third-order valence-electron chi connectivity index (χ3n) is 7.53. The minimum absolute atomic E-state index is 0.305. The normalized spacial score (nSPS) is 22.7. The predicted molar refractivity (Wildman–Crippen MR) is 181 cm³/mol. The smallest absolute Gasteiger partial charge is 0.178 e. The maximum absolute atomic E-state index is 5.02. The van der Waals surface area contributed by atoms with Gasteiger partial charge in [0.2, 0.25) is 0 Å². The maximum Gasteiger partial charge on any atom is 0.178 e. The fraction of sp³-hybridized carbons (Fsp3) is 0.485. The van der Waals surface area contributed by atoms with Crippen LogP contribution in [0.4, 0.5) is 0 Å². The largest absolute Gasteiger partial charge is 0.501 e. The molecule has 5 aliphatic rings. The lowest BCUT2D eigenvalue weighted by Gasteiger charge is -2.34. The average Bonchev–Trinajstić information content (AvgIpc) is 3.83. The summed E-state index contributed by atoms with van der Waals surface area (Å²) < 4.78 is 5.02. The van der Waals surface area contributed by atoms with E-state index in [1.807, 2.05) is 55.4 Å². The molecule has 2 fully saturated rings. The monoisotopic (exact) mass is 589 g/mol. The number of methoxy groups -OCH3 is 1. The first-order valence-corrected chi connectivity index (χ1v) is 15.0. The van der Waals surface area contributed by atoms with Crippen molar-refractivity contribution in [3.05, 3.63) is 83.7 Å². The zero-order chi connectivity index (χ0) is 31.4. The van der Waals surface area contributed by atoms with Crippen molar-refractivity contribution in [3.63, 3.8) is 0 Å². The fourth-order valence-electron chi connectivity index (χ4n) is 4.48. The molecule has 0 amide bonds. The van der Waals surface area contributed by atoms with E-state index in [0.29, 0.717) is 24.7 Å². The number of nitrogens with one attached hydrogen (secondary N) is 3. The van der Waals surface area contributed by atoms with Gasteiger partial charge in [-0.05, 0) is 50.6 Å². The lowest BCUT2D eigenvalue weighted by molar-refractivity contribution is 0.158. The van der Waals surface area contributed by atoms with E-state index < -0.39 is 0 Å². The Bertz CT molecular complexity index is 1220. The fourth-order valence-corrected chi connectivity index (χ4v) is 4.48. The van der Waals surface area contributed by atoms with Gasteiger partial charge < -0.3 is 24.9 Å². The van der Waals surface area contributed by atoms with E-state index >= 15 is 0 Å². The second kappa shape index (κ2) is 16.7. The number of hydrogen-bond acceptors (Lipinski definition) is 10. The molecule has 1 aliphatic carbocycles. The SMILES string of the molecule is C=C/C(=C\C=C(/C)OC)N1CCN1.C=CN(C)C.CC1=CC=C(C(C)C)CC1NC1=C2C(=NC=NC1)N=CCN2C1CN1. The molecule has 0 radical (unpaired) electrons. The molecule has 4 aliphatic heterocycles. The summed E-state index contributed by atoms with van der Waals surface area (Å²) in [6.45, 7) is 20.4. The molecule has 2 unspecified atom stereocenters. The molecule has 10 nitrogen and oxygen atoms in total. The summed E-state index contributed by atoms with van der Waals surface area (Å²) in [5, 5.41) is 9.22. The van der Waals surface area contributed by atoms with Gasteiger partial charge >= 0.3 is 0 Å². The van der Waals surface area contributed by atoms with Gasteiger partial charge in [-0.25, -0.2) is 15.4 Å². The minimum atomic E-state index is 0.305. The van der Waals surface area contributed by atoms with Gasteiger partial charge in [0, 0.05) is 39.9 Å². The van der Waals surface area contributed by atoms with Crippen LogP contribution in [0.2, 0.25) is 0 Å². The Morgan fingerprint density at radius 2 is 1.95 bits per heavy atom. The van der Waals surface area contributed by atoms with Crippen molar-refractivity contribution in [1.82, 2.24) is 30.9 Å². The van der Waals surface area contributed by atoms with Crippen molar-refractivity contribution in [3.8, 4) is 0 Å². The van der Waals surface area contributed by atoms with Crippen LogP contribution in [0.15, 0.2) is 98.7 Å². The molecular formula is C33H51N9O. The van der Waals surface area contributed by atoms with Crippen molar-refractivity contribution in [2.75, 3.05) is 53.9 Å². The van der Waals surface area contributed by atoms with Crippen molar-refractivity contribution >= 4 is 18.4 Å². The van der Waals surface area contributed by atoms with Crippen molar-refractivity contribution < 1.29 is 4.74 Å². The van der Waals surface area contributed by atoms with E-state index in [4.69, 9.17) is 4.74 Å². The van der Waals surface area contributed by atoms with Crippen LogP contribution in [0, 0.1) is 5.92 Å². The van der Waals surface area contributed by atoms with Gasteiger partial charge in [-0.1, -0.05) is 50.3 Å². The molecule has 0 saturated carbocycles. The van der Waals surface area contributed by atoms with E-state index in [2.05, 4.69) is 82.0 Å². The molecule has 10 heteroatoms. The molecule has 3 N–H and O–H groups in total. The van der Waals surface area contributed by atoms with Gasteiger partial charge in [0.05, 0.1) is 49.6 Å². The highest BCUT2D eigenvalue weighted by Gasteiger charge is 2.35. The van der Waals surface area contributed by atoms with Gasteiger partial charge in [-0.15, -0.1) is 0 Å². The first kappa shape index (κ1) is 33.6. The van der Waals surface area contributed by atoms with E-state index in [0.717, 1.165) is 61.3 Å². The van der Waals surface area contributed by atoms with Crippen LogP contribution in [0.1, 0.15) is 34.1 Å². The zero-order valence-corrected chi connectivity index (χ0v) is 27.1. The Morgan fingerprint density at radius 3 is 2.51 bits per heavy atom. The van der Waals surface area contributed by atoms with Gasteiger partial charge in [0.1, 0.15) is 12.0 Å². The Labute approximate surface area is 258 Å². The highest BCUT2D eigenvalue weighted by atomic mass is 16.5. The summed E-state index contributed by atoms with van der Waals surface area (Å²) >= 11 is 0. The zero-order valence-electron chi connectivity index (χ0n) is 27.1. The molecule has 4 heterocycles. The number of amidine groups is 1. The number of hydrogen-bond donors (Lipinski definition) is 3. The van der Waals surface area contributed by atoms with Crippen LogP contribution in [-0.4, -0.2) is 99.3 Å². The Hall–Kier alpha value is -3.89. The highest BCUT2D eigenvalue weighted by Crippen LogP contribution is 2.27. The molecule has 234 valence electrons. The van der Waals surface area contributed by atoms with Gasteiger partial charge in [-0.3, -0.25) is 10.3 Å². The standard InChI is InChI=1S/C19H26N6.C10H16N2O.C4H9N/c1-12(2)14-5-4-13(3)15(8-14)24-16-9-20-11-23-19-18(16)25(7-6-21-19)17-10-22-17;1-4-10(12-8-7-11-12)6-5-9(2)13-3;1-4-5(2)3/h4-6,11-12,15,17,22,24H,7-10H2,1-3H3;4-6,11H,1,7-8H2,2-3H3;4H,1H2,2-3H3/b;9-5+,10-6+;. The van der Waals surface area contributed by atoms with Crippen LogP contribution in [-0.2, 0) is 4.74 Å². The van der Waals surface area contributed by atoms with E-state index in [1.165, 1.54) is 11.1 Å². The molecule has 0 aromatic heterocycles. The van der Waals surface area contributed by atoms with E-state index in [1.54, 1.807) is 19.6 Å². The molecular weight excluding hydrogens is 538 g/mol.